The number of ether oxygens (including phenoxy) is 2. The van der Waals surface area contributed by atoms with Crippen LogP contribution in [0.3, 0.4) is 0 Å². The zero-order valence-electron chi connectivity index (χ0n) is 13.4. The maximum absolute atomic E-state index is 12.2. The summed E-state index contributed by atoms with van der Waals surface area (Å²) in [7, 11) is 0. The van der Waals surface area contributed by atoms with Crippen LogP contribution in [0.5, 0.6) is 0 Å². The first-order valence-corrected chi connectivity index (χ1v) is 7.32. The minimum atomic E-state index is -5.24. The zero-order valence-corrected chi connectivity index (χ0v) is 13.4. The molecule has 0 radical (unpaired) electrons. The summed E-state index contributed by atoms with van der Waals surface area (Å²) < 4.78 is 46.7. The molecule has 0 aromatic heterocycles. The lowest BCUT2D eigenvalue weighted by Crippen LogP contribution is -2.52. The second kappa shape index (κ2) is 11.2. The summed E-state index contributed by atoms with van der Waals surface area (Å²) in [6.07, 6.45) is -11.6. The van der Waals surface area contributed by atoms with Crippen LogP contribution in [0.2, 0.25) is 0 Å². The fraction of sp³-hybridized carbons (Fsp3) is 0.846. The maximum Gasteiger partial charge on any atom is 0.471 e. The number of aliphatic hydroxyl groups excluding tert-OH is 3. The average Bonchev–Trinajstić information content (AvgIpc) is 2.48. The Morgan fingerprint density at radius 1 is 1.20 bits per heavy atom. The van der Waals surface area contributed by atoms with Crippen molar-refractivity contribution in [2.75, 3.05) is 13.2 Å². The standard InChI is InChI=1S/C13H22F3NO8/c1-7(19)8(6-18)25-11(24-5-3-2-4-9(20)21)10(22)17-12(23)13(14,15)16/h7-8,10-11,18-19,22H,2-6H2,1H3,(H,17,23)(H,20,21). The molecule has 0 spiro atoms. The predicted molar refractivity (Wildman–Crippen MR) is 75.1 cm³/mol. The third-order valence-electron chi connectivity index (χ3n) is 2.89. The smallest absolute Gasteiger partial charge is 0.471 e. The summed E-state index contributed by atoms with van der Waals surface area (Å²) in [5.41, 5.74) is 0. The molecule has 0 aliphatic rings. The number of hydrogen-bond acceptors (Lipinski definition) is 7. The lowest BCUT2D eigenvalue weighted by atomic mass is 10.2. The molecule has 0 heterocycles. The van der Waals surface area contributed by atoms with Gasteiger partial charge in [-0.05, 0) is 19.8 Å². The Morgan fingerprint density at radius 3 is 2.24 bits per heavy atom. The number of carboxylic acids is 1. The first kappa shape index (κ1) is 23.5. The van der Waals surface area contributed by atoms with Crippen molar-refractivity contribution in [3.63, 3.8) is 0 Å². The van der Waals surface area contributed by atoms with Crippen molar-refractivity contribution in [3.8, 4) is 0 Å². The van der Waals surface area contributed by atoms with Crippen molar-refractivity contribution in [1.82, 2.24) is 5.32 Å². The molecular weight excluding hydrogens is 355 g/mol. The van der Waals surface area contributed by atoms with Gasteiger partial charge in [0, 0.05) is 13.0 Å². The van der Waals surface area contributed by atoms with Crippen LogP contribution in [-0.4, -0.2) is 76.4 Å². The number of hydrogen-bond donors (Lipinski definition) is 5. The van der Waals surface area contributed by atoms with E-state index in [0.29, 0.717) is 0 Å². The van der Waals surface area contributed by atoms with Crippen LogP contribution < -0.4 is 5.32 Å². The molecule has 0 saturated heterocycles. The van der Waals surface area contributed by atoms with Gasteiger partial charge in [0.25, 0.3) is 0 Å². The predicted octanol–water partition coefficient (Wildman–Crippen LogP) is -0.661. The van der Waals surface area contributed by atoms with Gasteiger partial charge < -0.3 is 35.2 Å². The number of carbonyl (C=O) groups excluding carboxylic acids is 1. The van der Waals surface area contributed by atoms with Gasteiger partial charge in [-0.2, -0.15) is 13.2 Å². The van der Waals surface area contributed by atoms with Crippen molar-refractivity contribution < 1.29 is 52.7 Å². The topological polar surface area (TPSA) is 146 Å². The molecule has 0 rings (SSSR count). The van der Waals surface area contributed by atoms with E-state index < -0.39 is 49.4 Å². The molecule has 148 valence electrons. The number of rotatable bonds is 12. The Morgan fingerprint density at radius 2 is 1.80 bits per heavy atom. The first-order chi connectivity index (χ1) is 11.5. The van der Waals surface area contributed by atoms with Crippen LogP contribution in [0.25, 0.3) is 0 Å². The van der Waals surface area contributed by atoms with E-state index in [1.807, 2.05) is 0 Å². The van der Waals surface area contributed by atoms with E-state index in [9.17, 15) is 33.0 Å². The van der Waals surface area contributed by atoms with Crippen LogP contribution >= 0.6 is 0 Å². The fourth-order valence-corrected chi connectivity index (χ4v) is 1.55. The average molecular weight is 377 g/mol. The first-order valence-electron chi connectivity index (χ1n) is 7.32. The Bertz CT molecular complexity index is 419. The number of amides is 1. The van der Waals surface area contributed by atoms with Crippen molar-refractivity contribution in [2.24, 2.45) is 0 Å². The molecule has 9 nitrogen and oxygen atoms in total. The number of halogens is 3. The summed E-state index contributed by atoms with van der Waals surface area (Å²) >= 11 is 0. The van der Waals surface area contributed by atoms with Gasteiger partial charge in [0.05, 0.1) is 12.7 Å². The van der Waals surface area contributed by atoms with Gasteiger partial charge in [-0.15, -0.1) is 0 Å². The molecule has 0 bridgehead atoms. The van der Waals surface area contributed by atoms with Crippen molar-refractivity contribution in [1.29, 1.82) is 0 Å². The summed E-state index contributed by atoms with van der Waals surface area (Å²) in [6, 6.07) is 0. The minimum absolute atomic E-state index is 0.158. The summed E-state index contributed by atoms with van der Waals surface area (Å²) in [6.45, 7) is 0.302. The van der Waals surface area contributed by atoms with E-state index in [1.54, 1.807) is 0 Å². The SMILES string of the molecule is CC(O)C(CO)OC(OCCCCC(=O)O)C(O)NC(=O)C(F)(F)F. The minimum Gasteiger partial charge on any atom is -0.481 e. The molecular formula is C13H22F3NO8. The number of alkyl halides is 3. The Balaban J connectivity index is 4.75. The van der Waals surface area contributed by atoms with Gasteiger partial charge in [-0.3, -0.25) is 9.59 Å². The Labute approximate surface area is 141 Å². The molecule has 4 atom stereocenters. The quantitative estimate of drug-likeness (QED) is 0.223. The highest BCUT2D eigenvalue weighted by atomic mass is 19.4. The summed E-state index contributed by atoms with van der Waals surface area (Å²) in [5.74, 6) is -3.47. The molecule has 0 aromatic rings. The third kappa shape index (κ3) is 10.2. The lowest BCUT2D eigenvalue weighted by Gasteiger charge is -2.29. The summed E-state index contributed by atoms with van der Waals surface area (Å²) in [5, 5.41) is 37.8. The van der Waals surface area contributed by atoms with Crippen molar-refractivity contribution >= 4 is 11.9 Å². The highest BCUT2D eigenvalue weighted by Crippen LogP contribution is 2.16. The molecule has 0 fully saturated rings. The normalized spacial score (nSPS) is 16.8. The van der Waals surface area contributed by atoms with Crippen LogP contribution in [0.15, 0.2) is 0 Å². The second-order valence-corrected chi connectivity index (χ2v) is 5.10. The Kier molecular flexibility index (Phi) is 10.5. The van der Waals surface area contributed by atoms with Gasteiger partial charge >= 0.3 is 18.1 Å². The van der Waals surface area contributed by atoms with Crippen LogP contribution in [0.4, 0.5) is 13.2 Å². The fourth-order valence-electron chi connectivity index (χ4n) is 1.55. The lowest BCUT2D eigenvalue weighted by molar-refractivity contribution is -0.243. The zero-order chi connectivity index (χ0) is 19.6. The van der Waals surface area contributed by atoms with E-state index in [2.05, 4.69) is 0 Å². The largest absolute Gasteiger partial charge is 0.481 e. The maximum atomic E-state index is 12.2. The molecule has 4 unspecified atom stereocenters. The molecule has 0 aliphatic heterocycles. The number of aliphatic hydroxyl groups is 3. The second-order valence-electron chi connectivity index (χ2n) is 5.10. The van der Waals surface area contributed by atoms with E-state index in [4.69, 9.17) is 19.7 Å². The van der Waals surface area contributed by atoms with E-state index in [1.165, 1.54) is 12.2 Å². The van der Waals surface area contributed by atoms with Crippen molar-refractivity contribution in [3.05, 3.63) is 0 Å². The summed E-state index contributed by atoms with van der Waals surface area (Å²) in [4.78, 5) is 21.2. The van der Waals surface area contributed by atoms with E-state index in [0.717, 1.165) is 0 Å². The number of aliphatic carboxylic acids is 1. The van der Waals surface area contributed by atoms with Gasteiger partial charge in [-0.1, -0.05) is 0 Å². The molecule has 0 saturated carbocycles. The monoisotopic (exact) mass is 377 g/mol. The number of carbonyl (C=O) groups is 2. The molecule has 0 aliphatic carbocycles. The van der Waals surface area contributed by atoms with Gasteiger partial charge in [0.1, 0.15) is 6.10 Å². The number of nitrogens with one attached hydrogen (secondary N) is 1. The molecule has 5 N–H and O–H groups in total. The van der Waals surface area contributed by atoms with Gasteiger partial charge in [0.15, 0.2) is 6.23 Å². The highest BCUT2D eigenvalue weighted by molar-refractivity contribution is 5.81. The van der Waals surface area contributed by atoms with Crippen LogP contribution in [0, 0.1) is 0 Å². The van der Waals surface area contributed by atoms with Gasteiger partial charge in [0.2, 0.25) is 6.29 Å². The molecule has 0 aromatic carbocycles. The molecule has 1 amide bonds. The number of unbranched alkanes of at least 4 members (excludes halogenated alkanes) is 1. The number of carboxylic acid groups (broad SMARTS) is 1. The van der Waals surface area contributed by atoms with Crippen LogP contribution in [-0.2, 0) is 19.1 Å². The van der Waals surface area contributed by atoms with Crippen LogP contribution in [0.1, 0.15) is 26.2 Å². The highest BCUT2D eigenvalue weighted by Gasteiger charge is 2.41. The van der Waals surface area contributed by atoms with E-state index >= 15 is 0 Å². The van der Waals surface area contributed by atoms with Crippen molar-refractivity contribution in [2.45, 2.75) is 57.1 Å². The molecule has 25 heavy (non-hydrogen) atoms. The van der Waals surface area contributed by atoms with E-state index in [-0.39, 0.29) is 25.9 Å². The molecule has 12 heteroatoms. The Hall–Kier alpha value is -1.47. The third-order valence-corrected chi connectivity index (χ3v) is 2.89. The van der Waals surface area contributed by atoms with Gasteiger partial charge in [-0.25, -0.2) is 0 Å².